The molecule has 2 rings (SSSR count). The Morgan fingerprint density at radius 2 is 1.32 bits per heavy atom. The molecule has 0 aliphatic rings. The molecule has 0 aromatic heterocycles. The van der Waals surface area contributed by atoms with Gasteiger partial charge in [-0.05, 0) is 38.3 Å². The van der Waals surface area contributed by atoms with Crippen molar-refractivity contribution >= 4 is 11.9 Å². The highest BCUT2D eigenvalue weighted by Gasteiger charge is 2.16. The van der Waals surface area contributed by atoms with Gasteiger partial charge in [-0.25, -0.2) is 9.59 Å². The van der Waals surface area contributed by atoms with Gasteiger partial charge in [-0.3, -0.25) is 0 Å². The maximum absolute atomic E-state index is 9.10. The average Bonchev–Trinajstić information content (AvgIpc) is 2.53. The van der Waals surface area contributed by atoms with Gasteiger partial charge in [0.25, 0.3) is 0 Å². The normalized spacial score (nSPS) is 11.4. The van der Waals surface area contributed by atoms with Gasteiger partial charge >= 0.3 is 11.9 Å². The largest absolute Gasteiger partial charge is 0.473 e. The van der Waals surface area contributed by atoms with Gasteiger partial charge < -0.3 is 15.9 Å². The molecule has 0 saturated carbocycles. The minimum atomic E-state index is -1.82. The molecule has 0 saturated heterocycles. The number of aryl methyl sites for hydroxylation is 2. The van der Waals surface area contributed by atoms with E-state index in [1.165, 1.54) is 22.3 Å². The van der Waals surface area contributed by atoms with Crippen molar-refractivity contribution in [3.63, 3.8) is 0 Å². The van der Waals surface area contributed by atoms with E-state index in [4.69, 9.17) is 25.5 Å². The highest BCUT2D eigenvalue weighted by Crippen LogP contribution is 2.29. The first-order valence-corrected chi connectivity index (χ1v) is 8.05. The Morgan fingerprint density at radius 1 is 0.920 bits per heavy atom. The molecule has 1 atom stereocenters. The van der Waals surface area contributed by atoms with Crippen LogP contribution in [0.15, 0.2) is 48.5 Å². The molecule has 0 aliphatic carbocycles. The van der Waals surface area contributed by atoms with Crippen molar-refractivity contribution in [3.05, 3.63) is 70.8 Å². The van der Waals surface area contributed by atoms with E-state index in [-0.39, 0.29) is 6.04 Å². The number of carbonyl (C=O) groups is 2. The first-order valence-electron chi connectivity index (χ1n) is 8.05. The molecule has 0 heterocycles. The Kier molecular flexibility index (Phi) is 7.82. The summed E-state index contributed by atoms with van der Waals surface area (Å²) in [6.45, 7) is 6.37. The first kappa shape index (κ1) is 20.4. The summed E-state index contributed by atoms with van der Waals surface area (Å²) in [5, 5.41) is 14.8. The summed E-state index contributed by atoms with van der Waals surface area (Å²) in [4.78, 5) is 18.2. The highest BCUT2D eigenvalue weighted by atomic mass is 16.4. The molecule has 1 unspecified atom stereocenters. The van der Waals surface area contributed by atoms with Crippen LogP contribution in [0.25, 0.3) is 0 Å². The van der Waals surface area contributed by atoms with Gasteiger partial charge in [0.15, 0.2) is 0 Å². The van der Waals surface area contributed by atoms with Gasteiger partial charge in [-0.2, -0.15) is 0 Å². The fourth-order valence-electron chi connectivity index (χ4n) is 2.61. The number of carboxylic acid groups (broad SMARTS) is 2. The van der Waals surface area contributed by atoms with Crippen LogP contribution in [0.4, 0.5) is 0 Å². The van der Waals surface area contributed by atoms with E-state index in [0.29, 0.717) is 5.92 Å². The van der Waals surface area contributed by atoms with Gasteiger partial charge in [0.2, 0.25) is 0 Å². The third-order valence-electron chi connectivity index (χ3n) is 3.68. The standard InChI is InChI=1S/C18H23N.C2H2O4/c1-13-6-4-8-16(10-13)18(12-15(3)19)17-9-5-7-14(2)11-17;3-1(4)2(5)6/h4-11,15,18H,12,19H2,1-3H3;(H,3,4)(H,5,6). The monoisotopic (exact) mass is 343 g/mol. The Balaban J connectivity index is 0.000000450. The van der Waals surface area contributed by atoms with Crippen molar-refractivity contribution in [2.75, 3.05) is 0 Å². The lowest BCUT2D eigenvalue weighted by atomic mass is 9.85. The molecule has 5 nitrogen and oxygen atoms in total. The fraction of sp³-hybridized carbons (Fsp3) is 0.300. The third-order valence-corrected chi connectivity index (χ3v) is 3.68. The molecule has 2 aromatic rings. The van der Waals surface area contributed by atoms with Gasteiger partial charge in [0.1, 0.15) is 0 Å². The van der Waals surface area contributed by atoms with E-state index in [2.05, 4.69) is 69.3 Å². The van der Waals surface area contributed by atoms with Gasteiger partial charge in [-0.15, -0.1) is 0 Å². The Hall–Kier alpha value is -2.66. The van der Waals surface area contributed by atoms with Crippen LogP contribution in [0.5, 0.6) is 0 Å². The number of carboxylic acids is 2. The highest BCUT2D eigenvalue weighted by molar-refractivity contribution is 6.27. The predicted molar refractivity (Wildman–Crippen MR) is 97.7 cm³/mol. The van der Waals surface area contributed by atoms with Crippen LogP contribution < -0.4 is 5.73 Å². The zero-order valence-electron chi connectivity index (χ0n) is 14.8. The first-order chi connectivity index (χ1) is 11.7. The molecule has 0 fully saturated rings. The number of hydrogen-bond donors (Lipinski definition) is 3. The predicted octanol–water partition coefficient (Wildman–Crippen LogP) is 3.33. The zero-order chi connectivity index (χ0) is 19.0. The van der Waals surface area contributed by atoms with E-state index in [9.17, 15) is 0 Å². The lowest BCUT2D eigenvalue weighted by molar-refractivity contribution is -0.159. The van der Waals surface area contributed by atoms with Crippen LogP contribution in [0.3, 0.4) is 0 Å². The van der Waals surface area contributed by atoms with Crippen molar-refractivity contribution in [3.8, 4) is 0 Å². The Labute approximate surface area is 148 Å². The van der Waals surface area contributed by atoms with Crippen molar-refractivity contribution in [2.24, 2.45) is 5.73 Å². The molecule has 0 spiro atoms. The van der Waals surface area contributed by atoms with Crippen LogP contribution in [0.2, 0.25) is 0 Å². The van der Waals surface area contributed by atoms with Gasteiger partial charge in [0.05, 0.1) is 0 Å². The molecule has 0 radical (unpaired) electrons. The summed E-state index contributed by atoms with van der Waals surface area (Å²) in [7, 11) is 0. The maximum atomic E-state index is 9.10. The number of rotatable bonds is 4. The summed E-state index contributed by atoms with van der Waals surface area (Å²) >= 11 is 0. The number of aliphatic carboxylic acids is 2. The van der Waals surface area contributed by atoms with E-state index in [0.717, 1.165) is 6.42 Å². The molecule has 0 amide bonds. The van der Waals surface area contributed by atoms with Crippen LogP contribution >= 0.6 is 0 Å². The van der Waals surface area contributed by atoms with Crippen molar-refractivity contribution in [2.45, 2.75) is 39.2 Å². The van der Waals surface area contributed by atoms with Gasteiger partial charge in [0, 0.05) is 12.0 Å². The third kappa shape index (κ3) is 7.18. The van der Waals surface area contributed by atoms with Crippen LogP contribution in [-0.2, 0) is 9.59 Å². The maximum Gasteiger partial charge on any atom is 0.414 e. The van der Waals surface area contributed by atoms with E-state index < -0.39 is 11.9 Å². The lowest BCUT2D eigenvalue weighted by Crippen LogP contribution is -2.19. The van der Waals surface area contributed by atoms with Gasteiger partial charge in [-0.1, -0.05) is 59.7 Å². The number of benzene rings is 2. The number of nitrogens with two attached hydrogens (primary N) is 1. The molecule has 0 aliphatic heterocycles. The molecule has 134 valence electrons. The molecule has 4 N–H and O–H groups in total. The van der Waals surface area contributed by atoms with Crippen LogP contribution in [0, 0.1) is 13.8 Å². The van der Waals surface area contributed by atoms with E-state index in [1.54, 1.807) is 0 Å². The van der Waals surface area contributed by atoms with Crippen LogP contribution in [-0.4, -0.2) is 28.2 Å². The minimum Gasteiger partial charge on any atom is -0.473 e. The second-order valence-electron chi connectivity index (χ2n) is 6.20. The second kappa shape index (κ2) is 9.59. The van der Waals surface area contributed by atoms with Crippen molar-refractivity contribution < 1.29 is 19.8 Å². The molecule has 0 bridgehead atoms. The van der Waals surface area contributed by atoms with Crippen molar-refractivity contribution in [1.29, 1.82) is 0 Å². The summed E-state index contributed by atoms with van der Waals surface area (Å²) < 4.78 is 0. The lowest BCUT2D eigenvalue weighted by Gasteiger charge is -2.21. The molecule has 5 heteroatoms. The Morgan fingerprint density at radius 3 is 1.60 bits per heavy atom. The van der Waals surface area contributed by atoms with Crippen molar-refractivity contribution in [1.82, 2.24) is 0 Å². The molecular weight excluding hydrogens is 318 g/mol. The summed E-state index contributed by atoms with van der Waals surface area (Å²) in [6, 6.07) is 17.7. The second-order valence-corrected chi connectivity index (χ2v) is 6.20. The van der Waals surface area contributed by atoms with E-state index >= 15 is 0 Å². The van der Waals surface area contributed by atoms with Crippen LogP contribution in [0.1, 0.15) is 41.5 Å². The summed E-state index contributed by atoms with van der Waals surface area (Å²) in [5.41, 5.74) is 11.4. The molecular formula is C20H25NO4. The average molecular weight is 343 g/mol. The quantitative estimate of drug-likeness (QED) is 0.739. The number of hydrogen-bond acceptors (Lipinski definition) is 3. The summed E-state index contributed by atoms with van der Waals surface area (Å²) in [5.74, 6) is -3.26. The molecule has 25 heavy (non-hydrogen) atoms. The minimum absolute atomic E-state index is 0.200. The zero-order valence-corrected chi connectivity index (χ0v) is 14.8. The topological polar surface area (TPSA) is 101 Å². The Bertz CT molecular complexity index is 668. The fourth-order valence-corrected chi connectivity index (χ4v) is 2.61. The SMILES string of the molecule is Cc1cccc(C(CC(C)N)c2cccc(C)c2)c1.O=C(O)C(=O)O. The summed E-state index contributed by atoms with van der Waals surface area (Å²) in [6.07, 6.45) is 0.979. The molecule has 2 aromatic carbocycles. The smallest absolute Gasteiger partial charge is 0.414 e. The van der Waals surface area contributed by atoms with E-state index in [1.807, 2.05) is 0 Å².